The minimum absolute atomic E-state index is 0.0795. The lowest BCUT2D eigenvalue weighted by atomic mass is 10.1. The Balaban J connectivity index is 2.03. The van der Waals surface area contributed by atoms with Crippen LogP contribution in [0.2, 0.25) is 5.02 Å². The van der Waals surface area contributed by atoms with Crippen LogP contribution < -0.4 is 9.47 Å². The Morgan fingerprint density at radius 2 is 1.95 bits per heavy atom. The minimum atomic E-state index is 0.0795. The van der Waals surface area contributed by atoms with Crippen LogP contribution >= 0.6 is 38.9 Å². The van der Waals surface area contributed by atoms with Crippen molar-refractivity contribution in [1.29, 1.82) is 0 Å². The van der Waals surface area contributed by atoms with Crippen LogP contribution in [0.4, 0.5) is 0 Å². The maximum atomic E-state index is 6.36. The molecule has 0 N–H and O–H groups in total. The number of hydrogen-bond acceptors (Lipinski definition) is 3. The van der Waals surface area contributed by atoms with Crippen LogP contribution in [0, 0.1) is 6.92 Å². The maximum absolute atomic E-state index is 6.36. The molecule has 5 heteroatoms. The van der Waals surface area contributed by atoms with Crippen molar-refractivity contribution in [2.24, 2.45) is 0 Å². The minimum Gasteiger partial charge on any atom is -0.486 e. The average Bonchev–Trinajstić information content (AvgIpc) is 2.83. The lowest BCUT2D eigenvalue weighted by Crippen LogP contribution is -2.15. The molecule has 2 nitrogen and oxygen atoms in total. The highest BCUT2D eigenvalue weighted by molar-refractivity contribution is 9.09. The summed E-state index contributed by atoms with van der Waals surface area (Å²) in [6, 6.07) is 5.91. The zero-order chi connectivity index (χ0) is 13.4. The van der Waals surface area contributed by atoms with Crippen molar-refractivity contribution in [2.75, 3.05) is 13.2 Å². The summed E-state index contributed by atoms with van der Waals surface area (Å²) in [4.78, 5) is 1.34. The number of aryl methyl sites for hydroxylation is 1. The molecule has 0 spiro atoms. The Hall–Kier alpha value is -0.710. The van der Waals surface area contributed by atoms with Gasteiger partial charge in [0.25, 0.3) is 0 Å². The summed E-state index contributed by atoms with van der Waals surface area (Å²) >= 11 is 11.8. The summed E-state index contributed by atoms with van der Waals surface area (Å²) in [6.07, 6.45) is 0. The summed E-state index contributed by atoms with van der Waals surface area (Å²) in [7, 11) is 0. The Morgan fingerprint density at radius 3 is 2.58 bits per heavy atom. The third kappa shape index (κ3) is 2.49. The van der Waals surface area contributed by atoms with E-state index < -0.39 is 0 Å². The molecule has 1 unspecified atom stereocenters. The highest BCUT2D eigenvalue weighted by Crippen LogP contribution is 2.44. The molecule has 19 heavy (non-hydrogen) atoms. The summed E-state index contributed by atoms with van der Waals surface area (Å²) in [6.45, 7) is 3.26. The Morgan fingerprint density at radius 1 is 1.26 bits per heavy atom. The predicted octanol–water partition coefficient (Wildman–Crippen LogP) is 4.97. The van der Waals surface area contributed by atoms with Crippen LogP contribution in [-0.2, 0) is 0 Å². The molecule has 0 bridgehead atoms. The van der Waals surface area contributed by atoms with Crippen molar-refractivity contribution in [1.82, 2.24) is 0 Å². The fourth-order valence-electron chi connectivity index (χ4n) is 2.06. The van der Waals surface area contributed by atoms with E-state index in [4.69, 9.17) is 21.1 Å². The normalized spacial score (nSPS) is 15.3. The number of ether oxygens (including phenoxy) is 2. The van der Waals surface area contributed by atoms with Gasteiger partial charge in [0.1, 0.15) is 13.2 Å². The second kappa shape index (κ2) is 5.35. The summed E-state index contributed by atoms with van der Waals surface area (Å²) < 4.78 is 11.1. The Bertz CT molecular complexity index is 611. The summed E-state index contributed by atoms with van der Waals surface area (Å²) in [5.41, 5.74) is 2.27. The van der Waals surface area contributed by atoms with Gasteiger partial charge in [-0.2, -0.15) is 0 Å². The van der Waals surface area contributed by atoms with Crippen molar-refractivity contribution < 1.29 is 9.47 Å². The molecule has 0 saturated carbocycles. The summed E-state index contributed by atoms with van der Waals surface area (Å²) in [5.74, 6) is 1.49. The zero-order valence-electron chi connectivity index (χ0n) is 10.3. The largest absolute Gasteiger partial charge is 0.486 e. The molecule has 2 aromatic rings. The van der Waals surface area contributed by atoms with Crippen molar-refractivity contribution in [3.05, 3.63) is 44.6 Å². The van der Waals surface area contributed by atoms with Crippen LogP contribution in [0.3, 0.4) is 0 Å². The first-order chi connectivity index (χ1) is 9.16. The predicted molar refractivity (Wildman–Crippen MR) is 82.3 cm³/mol. The van der Waals surface area contributed by atoms with Gasteiger partial charge in [-0.15, -0.1) is 11.3 Å². The Labute approximate surface area is 129 Å². The molecule has 1 atom stereocenters. The first-order valence-corrected chi connectivity index (χ1v) is 8.11. The second-order valence-corrected chi connectivity index (χ2v) is 6.62. The molecule has 0 aliphatic carbocycles. The van der Waals surface area contributed by atoms with E-state index in [0.29, 0.717) is 18.2 Å². The highest BCUT2D eigenvalue weighted by atomic mass is 79.9. The van der Waals surface area contributed by atoms with Crippen LogP contribution in [0.1, 0.15) is 20.8 Å². The number of fused-ring (bicyclic) bond motifs is 1. The first-order valence-electron chi connectivity index (χ1n) is 5.94. The van der Waals surface area contributed by atoms with Crippen LogP contribution in [0.5, 0.6) is 11.5 Å². The van der Waals surface area contributed by atoms with Crippen molar-refractivity contribution in [2.45, 2.75) is 11.8 Å². The number of halogens is 2. The van der Waals surface area contributed by atoms with Crippen LogP contribution in [0.15, 0.2) is 23.6 Å². The smallest absolute Gasteiger partial charge is 0.162 e. The van der Waals surface area contributed by atoms with E-state index in [9.17, 15) is 0 Å². The molecule has 100 valence electrons. The average molecular weight is 360 g/mol. The monoisotopic (exact) mass is 358 g/mol. The third-order valence-electron chi connectivity index (χ3n) is 3.07. The molecule has 0 saturated heterocycles. The fourth-order valence-corrected chi connectivity index (χ4v) is 4.44. The van der Waals surface area contributed by atoms with E-state index >= 15 is 0 Å². The molecule has 1 aliphatic rings. The van der Waals surface area contributed by atoms with Crippen molar-refractivity contribution >= 4 is 38.9 Å². The first kappa shape index (κ1) is 13.3. The molecular weight excluding hydrogens is 348 g/mol. The van der Waals surface area contributed by atoms with Crippen molar-refractivity contribution in [3.8, 4) is 11.5 Å². The maximum Gasteiger partial charge on any atom is 0.162 e. The van der Waals surface area contributed by atoms with Gasteiger partial charge in [0.05, 0.1) is 4.83 Å². The van der Waals surface area contributed by atoms with Gasteiger partial charge in [-0.05, 0) is 35.6 Å². The standard InChI is InChI=1S/C14H12BrClO2S/c1-8-2-5-19-14(8)13(15)9-6-11-12(7-10(9)16)18-4-3-17-11/h2,5-7,13H,3-4H2,1H3. The van der Waals surface area contributed by atoms with Crippen LogP contribution in [0.25, 0.3) is 0 Å². The number of benzene rings is 1. The van der Waals surface area contributed by atoms with Crippen molar-refractivity contribution in [3.63, 3.8) is 0 Å². The van der Waals surface area contributed by atoms with E-state index in [-0.39, 0.29) is 4.83 Å². The molecule has 1 aromatic carbocycles. The quantitative estimate of drug-likeness (QED) is 0.705. The number of rotatable bonds is 2. The topological polar surface area (TPSA) is 18.5 Å². The molecular formula is C14H12BrClO2S. The lowest BCUT2D eigenvalue weighted by molar-refractivity contribution is 0.171. The highest BCUT2D eigenvalue weighted by Gasteiger charge is 2.21. The van der Waals surface area contributed by atoms with Gasteiger partial charge >= 0.3 is 0 Å². The SMILES string of the molecule is Cc1ccsc1C(Br)c1cc2c(cc1Cl)OCCO2. The number of thiophene rings is 1. The number of alkyl halides is 1. The lowest BCUT2D eigenvalue weighted by Gasteiger charge is -2.21. The fraction of sp³-hybridized carbons (Fsp3) is 0.286. The number of hydrogen-bond donors (Lipinski definition) is 0. The van der Waals surface area contributed by atoms with Gasteiger partial charge in [0, 0.05) is 16.0 Å². The Kier molecular flexibility index (Phi) is 3.74. The van der Waals surface area contributed by atoms with Gasteiger partial charge in [0.2, 0.25) is 0 Å². The van der Waals surface area contributed by atoms with E-state index in [1.807, 2.05) is 12.1 Å². The molecule has 0 radical (unpaired) electrons. The van der Waals surface area contributed by atoms with E-state index in [2.05, 4.69) is 34.3 Å². The molecule has 1 aliphatic heterocycles. The van der Waals surface area contributed by atoms with Gasteiger partial charge < -0.3 is 9.47 Å². The molecule has 0 amide bonds. The second-order valence-electron chi connectivity index (χ2n) is 4.35. The van der Waals surface area contributed by atoms with E-state index in [1.54, 1.807) is 11.3 Å². The third-order valence-corrected chi connectivity index (χ3v) is 5.73. The molecule has 1 aromatic heterocycles. The van der Waals surface area contributed by atoms with Gasteiger partial charge in [-0.1, -0.05) is 27.5 Å². The van der Waals surface area contributed by atoms with Gasteiger partial charge in [-0.25, -0.2) is 0 Å². The van der Waals surface area contributed by atoms with E-state index in [1.165, 1.54) is 10.4 Å². The summed E-state index contributed by atoms with van der Waals surface area (Å²) in [5, 5.41) is 2.78. The molecule has 3 rings (SSSR count). The van der Waals surface area contributed by atoms with Gasteiger partial charge in [-0.3, -0.25) is 0 Å². The van der Waals surface area contributed by atoms with E-state index in [0.717, 1.165) is 17.1 Å². The van der Waals surface area contributed by atoms with Gasteiger partial charge in [0.15, 0.2) is 11.5 Å². The molecule has 2 heterocycles. The zero-order valence-corrected chi connectivity index (χ0v) is 13.4. The molecule has 0 fully saturated rings. The van der Waals surface area contributed by atoms with Crippen LogP contribution in [-0.4, -0.2) is 13.2 Å².